The van der Waals surface area contributed by atoms with Crippen LogP contribution >= 0.6 is 11.3 Å². The molecule has 2 N–H and O–H groups in total. The second-order valence-corrected chi connectivity index (χ2v) is 10.3. The lowest BCUT2D eigenvalue weighted by Crippen LogP contribution is -2.34. The van der Waals surface area contributed by atoms with Crippen LogP contribution < -0.4 is 19.7 Å². The van der Waals surface area contributed by atoms with Gasteiger partial charge in [0.1, 0.15) is 5.75 Å². The molecule has 1 fully saturated rings. The van der Waals surface area contributed by atoms with Crippen molar-refractivity contribution in [1.82, 2.24) is 4.98 Å². The zero-order valence-corrected chi connectivity index (χ0v) is 19.2. The standard InChI is InChI=1S/C22H20N4O5S2/c1-13-21(28)23-17-11-14(4-9-19(17)31-13)18-12-32-22(24-18)25-33(29,30)16-7-5-15(6-8-16)26-10-2-3-20(26)27/h4-9,11-13H,2-3,10H2,1H3,(H,23,28)(H,24,25). The van der Waals surface area contributed by atoms with Gasteiger partial charge in [-0.25, -0.2) is 13.4 Å². The fourth-order valence-corrected chi connectivity index (χ4v) is 5.69. The number of sulfonamides is 1. The summed E-state index contributed by atoms with van der Waals surface area (Å²) < 4.78 is 33.7. The minimum absolute atomic E-state index is 0.0434. The molecule has 1 aromatic heterocycles. The highest BCUT2D eigenvalue weighted by Gasteiger charge is 2.25. The van der Waals surface area contributed by atoms with Crippen LogP contribution in [0.1, 0.15) is 19.8 Å². The number of nitrogens with zero attached hydrogens (tertiary/aromatic N) is 2. The topological polar surface area (TPSA) is 118 Å². The molecule has 2 aliphatic heterocycles. The van der Waals surface area contributed by atoms with E-state index in [1.165, 1.54) is 12.1 Å². The first kappa shape index (κ1) is 21.4. The van der Waals surface area contributed by atoms with E-state index in [1.54, 1.807) is 47.5 Å². The quantitative estimate of drug-likeness (QED) is 0.573. The Morgan fingerprint density at radius 3 is 2.70 bits per heavy atom. The average molecular weight is 485 g/mol. The largest absolute Gasteiger partial charge is 0.479 e. The Kier molecular flexibility index (Phi) is 5.29. The van der Waals surface area contributed by atoms with E-state index in [0.29, 0.717) is 41.3 Å². The molecule has 0 saturated carbocycles. The molecule has 0 spiro atoms. The lowest BCUT2D eigenvalue weighted by molar-refractivity contribution is -0.122. The van der Waals surface area contributed by atoms with E-state index in [2.05, 4.69) is 15.0 Å². The van der Waals surface area contributed by atoms with Crippen molar-refractivity contribution in [2.75, 3.05) is 21.5 Å². The summed E-state index contributed by atoms with van der Waals surface area (Å²) in [5.74, 6) is 0.384. The van der Waals surface area contributed by atoms with Crippen molar-refractivity contribution in [3.63, 3.8) is 0 Å². The van der Waals surface area contributed by atoms with Crippen molar-refractivity contribution in [2.45, 2.75) is 30.8 Å². The number of amides is 2. The first-order valence-electron chi connectivity index (χ1n) is 10.3. The van der Waals surface area contributed by atoms with E-state index in [1.807, 2.05) is 0 Å². The summed E-state index contributed by atoms with van der Waals surface area (Å²) in [5, 5.41) is 4.74. The minimum Gasteiger partial charge on any atom is -0.479 e. The van der Waals surface area contributed by atoms with Crippen LogP contribution in [0, 0.1) is 0 Å². The van der Waals surface area contributed by atoms with E-state index in [9.17, 15) is 18.0 Å². The smallest absolute Gasteiger partial charge is 0.265 e. The lowest BCUT2D eigenvalue weighted by Gasteiger charge is -2.23. The van der Waals surface area contributed by atoms with Gasteiger partial charge in [-0.1, -0.05) is 0 Å². The van der Waals surface area contributed by atoms with E-state index in [0.717, 1.165) is 17.8 Å². The summed E-state index contributed by atoms with van der Waals surface area (Å²) in [4.78, 5) is 29.9. The van der Waals surface area contributed by atoms with Gasteiger partial charge < -0.3 is 15.0 Å². The highest BCUT2D eigenvalue weighted by Crippen LogP contribution is 2.35. The van der Waals surface area contributed by atoms with Gasteiger partial charge in [0.2, 0.25) is 5.91 Å². The molecule has 1 atom stereocenters. The predicted octanol–water partition coefficient (Wildman–Crippen LogP) is 3.46. The number of aromatic nitrogens is 1. The molecular formula is C22H20N4O5S2. The van der Waals surface area contributed by atoms with Gasteiger partial charge in [-0.05, 0) is 55.8 Å². The Balaban J connectivity index is 1.33. The van der Waals surface area contributed by atoms with Crippen molar-refractivity contribution >= 4 is 49.7 Å². The zero-order valence-electron chi connectivity index (χ0n) is 17.6. The average Bonchev–Trinajstić information content (AvgIpc) is 3.43. The fraction of sp³-hybridized carbons (Fsp3) is 0.227. The molecule has 11 heteroatoms. The highest BCUT2D eigenvalue weighted by molar-refractivity contribution is 7.93. The predicted molar refractivity (Wildman–Crippen MR) is 125 cm³/mol. The van der Waals surface area contributed by atoms with E-state index in [4.69, 9.17) is 4.74 Å². The molecule has 3 aromatic rings. The third-order valence-corrected chi connectivity index (χ3v) is 7.71. The molecule has 0 aliphatic carbocycles. The SMILES string of the molecule is CC1Oc2ccc(-c3csc(NS(=O)(=O)c4ccc(N5CCCC5=O)cc4)n3)cc2NC1=O. The Labute approximate surface area is 194 Å². The number of hydrogen-bond donors (Lipinski definition) is 2. The first-order chi connectivity index (χ1) is 15.8. The third kappa shape index (κ3) is 4.16. The number of carbonyl (C=O) groups is 2. The second kappa shape index (κ2) is 8.16. The second-order valence-electron chi connectivity index (χ2n) is 7.75. The highest BCUT2D eigenvalue weighted by atomic mass is 32.2. The lowest BCUT2D eigenvalue weighted by atomic mass is 10.1. The molecular weight excluding hydrogens is 464 g/mol. The van der Waals surface area contributed by atoms with Crippen LogP contribution in [-0.2, 0) is 19.6 Å². The van der Waals surface area contributed by atoms with Gasteiger partial charge in [-0.15, -0.1) is 11.3 Å². The van der Waals surface area contributed by atoms with E-state index >= 15 is 0 Å². The number of benzene rings is 2. The van der Waals surface area contributed by atoms with Gasteiger partial charge in [-0.3, -0.25) is 14.3 Å². The van der Waals surface area contributed by atoms with Gasteiger partial charge in [0, 0.05) is 29.6 Å². The minimum atomic E-state index is -3.85. The molecule has 2 aliphatic rings. The Hall–Kier alpha value is -3.44. The zero-order chi connectivity index (χ0) is 23.2. The summed E-state index contributed by atoms with van der Waals surface area (Å²) >= 11 is 1.16. The first-order valence-corrected chi connectivity index (χ1v) is 12.7. The molecule has 1 saturated heterocycles. The number of anilines is 3. The van der Waals surface area contributed by atoms with Crippen LogP contribution in [0.3, 0.4) is 0 Å². The molecule has 0 bridgehead atoms. The van der Waals surface area contributed by atoms with Crippen LogP contribution in [-0.4, -0.2) is 37.9 Å². The Bertz CT molecular complexity index is 1350. The van der Waals surface area contributed by atoms with Gasteiger partial charge in [0.15, 0.2) is 11.2 Å². The van der Waals surface area contributed by atoms with Gasteiger partial charge in [0.05, 0.1) is 16.3 Å². The molecule has 1 unspecified atom stereocenters. The van der Waals surface area contributed by atoms with Crippen LogP contribution in [0.25, 0.3) is 11.3 Å². The van der Waals surface area contributed by atoms with Crippen LogP contribution in [0.2, 0.25) is 0 Å². The van der Waals surface area contributed by atoms with Crippen molar-refractivity contribution in [3.8, 4) is 17.0 Å². The number of nitrogens with one attached hydrogen (secondary N) is 2. The van der Waals surface area contributed by atoms with Crippen molar-refractivity contribution in [1.29, 1.82) is 0 Å². The fourth-order valence-electron chi connectivity index (χ4n) is 3.72. The van der Waals surface area contributed by atoms with Gasteiger partial charge >= 0.3 is 0 Å². The Morgan fingerprint density at radius 2 is 1.97 bits per heavy atom. The molecule has 170 valence electrons. The van der Waals surface area contributed by atoms with Crippen LogP contribution in [0.4, 0.5) is 16.5 Å². The van der Waals surface area contributed by atoms with Crippen LogP contribution in [0.15, 0.2) is 52.7 Å². The number of fused-ring (bicyclic) bond motifs is 1. The maximum Gasteiger partial charge on any atom is 0.265 e. The van der Waals surface area contributed by atoms with E-state index in [-0.39, 0.29) is 21.8 Å². The monoisotopic (exact) mass is 484 g/mol. The van der Waals surface area contributed by atoms with Crippen molar-refractivity contribution in [3.05, 3.63) is 47.8 Å². The number of hydrogen-bond acceptors (Lipinski definition) is 7. The molecule has 33 heavy (non-hydrogen) atoms. The van der Waals surface area contributed by atoms with Crippen molar-refractivity contribution < 1.29 is 22.7 Å². The Morgan fingerprint density at radius 1 is 1.18 bits per heavy atom. The molecule has 5 rings (SSSR count). The summed E-state index contributed by atoms with van der Waals surface area (Å²) in [6, 6.07) is 11.5. The summed E-state index contributed by atoms with van der Waals surface area (Å²) in [5.41, 5.74) is 2.51. The summed E-state index contributed by atoms with van der Waals surface area (Å²) in [6.45, 7) is 2.31. The normalized spacial score (nSPS) is 18.0. The maximum absolute atomic E-state index is 12.8. The summed E-state index contributed by atoms with van der Waals surface area (Å²) in [7, 11) is -3.85. The van der Waals surface area contributed by atoms with Gasteiger partial charge in [-0.2, -0.15) is 0 Å². The maximum atomic E-state index is 12.8. The van der Waals surface area contributed by atoms with Crippen molar-refractivity contribution in [2.24, 2.45) is 0 Å². The molecule has 9 nitrogen and oxygen atoms in total. The molecule has 3 heterocycles. The number of thiazole rings is 1. The van der Waals surface area contributed by atoms with E-state index < -0.39 is 16.1 Å². The number of carbonyl (C=O) groups excluding carboxylic acids is 2. The molecule has 0 radical (unpaired) electrons. The molecule has 2 amide bonds. The molecule has 2 aromatic carbocycles. The number of ether oxygens (including phenoxy) is 1. The van der Waals surface area contributed by atoms with Crippen LogP contribution in [0.5, 0.6) is 5.75 Å². The number of rotatable bonds is 5. The summed E-state index contributed by atoms with van der Waals surface area (Å²) in [6.07, 6.45) is 0.750. The third-order valence-electron chi connectivity index (χ3n) is 5.46. The van der Waals surface area contributed by atoms with Gasteiger partial charge in [0.25, 0.3) is 15.9 Å².